The predicted molar refractivity (Wildman–Crippen MR) is 129 cm³/mol. The first-order valence-corrected chi connectivity index (χ1v) is 11.9. The number of nitrogens with one attached hydrogen (secondary N) is 1. The van der Waals surface area contributed by atoms with Crippen molar-refractivity contribution in [2.75, 3.05) is 19.4 Å². The van der Waals surface area contributed by atoms with Crippen LogP contribution in [0.1, 0.15) is 23.6 Å². The molecule has 0 saturated heterocycles. The Kier molecular flexibility index (Phi) is 6.05. The number of amides is 1. The largest absolute Gasteiger partial charge is 0.382 e. The Morgan fingerprint density at radius 2 is 1.48 bits per heavy atom. The second-order valence-corrected chi connectivity index (χ2v) is 10.2. The summed E-state index contributed by atoms with van der Waals surface area (Å²) in [6.07, 6.45) is -0.897. The molecule has 3 aromatic rings. The molecule has 1 aliphatic carbocycles. The van der Waals surface area contributed by atoms with Gasteiger partial charge in [-0.25, -0.2) is 12.7 Å². The lowest BCUT2D eigenvalue weighted by molar-refractivity contribution is -0.126. The van der Waals surface area contributed by atoms with Crippen molar-refractivity contribution in [2.24, 2.45) is 5.16 Å². The number of oxime groups is 1. The van der Waals surface area contributed by atoms with E-state index in [0.29, 0.717) is 11.4 Å². The van der Waals surface area contributed by atoms with Gasteiger partial charge in [0.05, 0.1) is 4.90 Å². The zero-order chi connectivity index (χ0) is 23.8. The molecule has 3 aromatic carbocycles. The lowest BCUT2D eigenvalue weighted by Crippen LogP contribution is -2.27. The van der Waals surface area contributed by atoms with Crippen LogP contribution in [-0.4, -0.2) is 44.5 Å². The quantitative estimate of drug-likeness (QED) is 0.438. The average Bonchev–Trinajstić information content (AvgIpc) is 3.12. The van der Waals surface area contributed by atoms with E-state index in [-0.39, 0.29) is 4.90 Å². The van der Waals surface area contributed by atoms with E-state index in [4.69, 9.17) is 4.84 Å². The van der Waals surface area contributed by atoms with E-state index in [1.807, 2.05) is 48.5 Å². The number of fused-ring (bicyclic) bond motifs is 3. The zero-order valence-corrected chi connectivity index (χ0v) is 19.7. The summed E-state index contributed by atoms with van der Waals surface area (Å²) in [6.45, 7) is 3.39. The van der Waals surface area contributed by atoms with E-state index in [9.17, 15) is 13.2 Å². The van der Waals surface area contributed by atoms with Crippen molar-refractivity contribution in [2.45, 2.75) is 24.8 Å². The Bertz CT molecular complexity index is 1320. The number of benzene rings is 3. The zero-order valence-electron chi connectivity index (χ0n) is 18.9. The van der Waals surface area contributed by atoms with Crippen LogP contribution in [0.25, 0.3) is 11.1 Å². The van der Waals surface area contributed by atoms with Gasteiger partial charge in [-0.2, -0.15) is 0 Å². The van der Waals surface area contributed by atoms with Crippen molar-refractivity contribution in [3.63, 3.8) is 0 Å². The molecule has 1 atom stereocenters. The van der Waals surface area contributed by atoms with Crippen LogP contribution in [0.4, 0.5) is 5.69 Å². The van der Waals surface area contributed by atoms with E-state index < -0.39 is 22.0 Å². The maximum atomic E-state index is 12.8. The molecule has 1 amide bonds. The summed E-state index contributed by atoms with van der Waals surface area (Å²) in [7, 11) is -0.701. The fourth-order valence-electron chi connectivity index (χ4n) is 3.61. The third kappa shape index (κ3) is 4.27. The van der Waals surface area contributed by atoms with E-state index in [1.54, 1.807) is 19.9 Å². The van der Waals surface area contributed by atoms with Crippen LogP contribution in [-0.2, 0) is 19.7 Å². The van der Waals surface area contributed by atoms with Crippen molar-refractivity contribution in [1.29, 1.82) is 0 Å². The molecule has 1 unspecified atom stereocenters. The maximum absolute atomic E-state index is 12.8. The lowest BCUT2D eigenvalue weighted by atomic mass is 10.1. The molecule has 33 heavy (non-hydrogen) atoms. The van der Waals surface area contributed by atoms with Gasteiger partial charge >= 0.3 is 0 Å². The van der Waals surface area contributed by atoms with Crippen molar-refractivity contribution in [3.8, 4) is 11.1 Å². The van der Waals surface area contributed by atoms with Crippen molar-refractivity contribution < 1.29 is 18.0 Å². The monoisotopic (exact) mass is 463 g/mol. The van der Waals surface area contributed by atoms with Gasteiger partial charge in [0.1, 0.15) is 5.71 Å². The van der Waals surface area contributed by atoms with Crippen LogP contribution >= 0.6 is 0 Å². The standard InChI is InChI=1S/C25H25N3O4S/c1-16-13-14-18(33(30,31)28(3)4)15-23(16)26-25(29)17(2)32-27-24-21-11-7-5-9-19(21)20-10-6-8-12-22(20)24/h5-15,17H,1-4H3,(H,26,29). The highest BCUT2D eigenvalue weighted by molar-refractivity contribution is 7.89. The number of carbonyl (C=O) groups is 1. The number of hydrogen-bond acceptors (Lipinski definition) is 5. The smallest absolute Gasteiger partial charge is 0.267 e. The summed E-state index contributed by atoms with van der Waals surface area (Å²) >= 11 is 0. The molecule has 4 rings (SSSR count). The number of carbonyl (C=O) groups excluding carboxylic acids is 1. The fourth-order valence-corrected chi connectivity index (χ4v) is 4.54. The summed E-state index contributed by atoms with van der Waals surface area (Å²) in [4.78, 5) is 18.5. The number of aryl methyl sites for hydroxylation is 1. The van der Waals surface area contributed by atoms with Crippen molar-refractivity contribution >= 4 is 27.3 Å². The summed E-state index contributed by atoms with van der Waals surface area (Å²) in [6, 6.07) is 20.5. The lowest BCUT2D eigenvalue weighted by Gasteiger charge is -2.16. The SMILES string of the molecule is Cc1ccc(S(=O)(=O)N(C)C)cc1NC(=O)C(C)ON=C1c2ccccc2-c2ccccc21. The van der Waals surface area contributed by atoms with Crippen LogP contribution in [0.15, 0.2) is 76.8 Å². The van der Waals surface area contributed by atoms with E-state index in [1.165, 1.54) is 26.2 Å². The number of nitrogens with zero attached hydrogens (tertiary/aromatic N) is 2. The van der Waals surface area contributed by atoms with E-state index in [2.05, 4.69) is 10.5 Å². The molecule has 1 aliphatic rings. The highest BCUT2D eigenvalue weighted by Crippen LogP contribution is 2.36. The van der Waals surface area contributed by atoms with Gasteiger partial charge in [0.2, 0.25) is 16.1 Å². The molecule has 0 heterocycles. The highest BCUT2D eigenvalue weighted by Gasteiger charge is 2.26. The Morgan fingerprint density at radius 1 is 0.939 bits per heavy atom. The minimum absolute atomic E-state index is 0.0985. The van der Waals surface area contributed by atoms with Gasteiger partial charge in [0.25, 0.3) is 5.91 Å². The third-order valence-corrected chi connectivity index (χ3v) is 7.38. The normalized spacial score (nSPS) is 13.3. The number of sulfonamides is 1. The molecule has 0 aliphatic heterocycles. The average molecular weight is 464 g/mol. The van der Waals surface area contributed by atoms with Gasteiger partial charge < -0.3 is 10.2 Å². The molecule has 1 N–H and O–H groups in total. The topological polar surface area (TPSA) is 88.1 Å². The van der Waals surface area contributed by atoms with Gasteiger partial charge in [-0.05, 0) is 42.7 Å². The maximum Gasteiger partial charge on any atom is 0.267 e. The highest BCUT2D eigenvalue weighted by atomic mass is 32.2. The molecular weight excluding hydrogens is 438 g/mol. The molecule has 0 aromatic heterocycles. The summed E-state index contributed by atoms with van der Waals surface area (Å²) in [5.74, 6) is -0.429. The second-order valence-electron chi connectivity index (χ2n) is 8.03. The fraction of sp³-hybridized carbons (Fsp3) is 0.200. The van der Waals surface area contributed by atoms with Gasteiger partial charge in [0.15, 0.2) is 0 Å². The number of anilines is 1. The molecular formula is C25H25N3O4S. The third-order valence-electron chi connectivity index (χ3n) is 5.57. The van der Waals surface area contributed by atoms with Crippen LogP contribution in [0.3, 0.4) is 0 Å². The number of rotatable bonds is 6. The van der Waals surface area contributed by atoms with Crippen LogP contribution < -0.4 is 5.32 Å². The molecule has 0 fully saturated rings. The van der Waals surface area contributed by atoms with Gasteiger partial charge in [-0.1, -0.05) is 59.8 Å². The van der Waals surface area contributed by atoms with E-state index in [0.717, 1.165) is 32.1 Å². The number of hydrogen-bond donors (Lipinski definition) is 1. The van der Waals surface area contributed by atoms with Crippen LogP contribution in [0.5, 0.6) is 0 Å². The second kappa shape index (κ2) is 8.80. The van der Waals surface area contributed by atoms with E-state index >= 15 is 0 Å². The van der Waals surface area contributed by atoms with Crippen molar-refractivity contribution in [1.82, 2.24) is 4.31 Å². The Morgan fingerprint density at radius 3 is 2.03 bits per heavy atom. The predicted octanol–water partition coefficient (Wildman–Crippen LogP) is 4.02. The van der Waals surface area contributed by atoms with Crippen LogP contribution in [0.2, 0.25) is 0 Å². The molecule has 170 valence electrons. The first-order valence-electron chi connectivity index (χ1n) is 10.5. The van der Waals surface area contributed by atoms with Crippen molar-refractivity contribution in [3.05, 3.63) is 83.4 Å². The molecule has 0 bridgehead atoms. The Balaban J connectivity index is 1.55. The molecule has 7 nitrogen and oxygen atoms in total. The van der Waals surface area contributed by atoms with Crippen LogP contribution in [0, 0.1) is 6.92 Å². The summed E-state index contributed by atoms with van der Waals surface area (Å²) in [5, 5.41) is 7.08. The van der Waals surface area contributed by atoms with Gasteiger partial charge in [-0.3, -0.25) is 4.79 Å². The molecule has 0 spiro atoms. The Hall–Kier alpha value is -3.49. The summed E-state index contributed by atoms with van der Waals surface area (Å²) < 4.78 is 26.0. The van der Waals surface area contributed by atoms with Gasteiger partial charge in [0, 0.05) is 30.9 Å². The minimum Gasteiger partial charge on any atom is -0.382 e. The van der Waals surface area contributed by atoms with Gasteiger partial charge in [-0.15, -0.1) is 0 Å². The molecule has 0 radical (unpaired) electrons. The molecule has 8 heteroatoms. The summed E-state index contributed by atoms with van der Waals surface area (Å²) in [5.41, 5.74) is 5.86. The minimum atomic E-state index is -3.62. The molecule has 0 saturated carbocycles. The first-order chi connectivity index (χ1) is 15.7. The Labute approximate surface area is 193 Å². The first kappa shape index (κ1) is 22.7.